The molecule has 1 N–H and O–H groups in total. The van der Waals surface area contributed by atoms with Crippen molar-refractivity contribution in [2.45, 2.75) is 39.3 Å². The molecule has 6 heteroatoms. The van der Waals surface area contributed by atoms with Crippen molar-refractivity contribution < 1.29 is 19.2 Å². The Labute approximate surface area is 108 Å². The number of carbonyl (C=O) groups is 2. The molecule has 0 aromatic rings. The molecule has 0 bridgehead atoms. The SMILES string of the molecule is C=C(C)[C@H](NC(=O)OC(C)(C)C)C(=O)N(C)OC. The monoisotopic (exact) mass is 258 g/mol. The zero-order valence-electron chi connectivity index (χ0n) is 11.9. The third kappa shape index (κ3) is 5.67. The Kier molecular flexibility index (Phi) is 5.84. The smallest absolute Gasteiger partial charge is 0.408 e. The molecule has 0 radical (unpaired) electrons. The molecule has 0 fully saturated rings. The van der Waals surface area contributed by atoms with E-state index < -0.39 is 23.6 Å². The molecule has 0 aliphatic heterocycles. The first-order valence-corrected chi connectivity index (χ1v) is 5.55. The summed E-state index contributed by atoms with van der Waals surface area (Å²) in [5.41, 5.74) is -0.130. The van der Waals surface area contributed by atoms with Crippen LogP contribution in [0.25, 0.3) is 0 Å². The van der Waals surface area contributed by atoms with Gasteiger partial charge in [-0.2, -0.15) is 0 Å². The molecule has 0 aromatic carbocycles. The number of nitrogens with zero attached hydrogens (tertiary/aromatic N) is 1. The maximum atomic E-state index is 11.9. The van der Waals surface area contributed by atoms with Crippen LogP contribution in [0.15, 0.2) is 12.2 Å². The summed E-state index contributed by atoms with van der Waals surface area (Å²) in [5.74, 6) is -0.421. The van der Waals surface area contributed by atoms with Gasteiger partial charge in [0.1, 0.15) is 11.6 Å². The summed E-state index contributed by atoms with van der Waals surface area (Å²) in [6.45, 7) is 10.5. The van der Waals surface area contributed by atoms with Crippen molar-refractivity contribution in [3.05, 3.63) is 12.2 Å². The second-order valence-corrected chi connectivity index (χ2v) is 4.94. The first-order valence-electron chi connectivity index (χ1n) is 5.55. The first kappa shape index (κ1) is 16.4. The number of alkyl carbamates (subject to hydrolysis) is 1. The normalized spacial score (nSPS) is 12.6. The second-order valence-electron chi connectivity index (χ2n) is 4.94. The number of likely N-dealkylation sites (N-methyl/N-ethyl adjacent to an activating group) is 1. The first-order chi connectivity index (χ1) is 8.08. The second kappa shape index (κ2) is 6.39. The van der Waals surface area contributed by atoms with E-state index >= 15 is 0 Å². The molecule has 1 atom stereocenters. The molecule has 2 amide bonds. The van der Waals surface area contributed by atoms with Gasteiger partial charge in [-0.05, 0) is 33.3 Å². The van der Waals surface area contributed by atoms with Gasteiger partial charge in [-0.25, -0.2) is 9.86 Å². The molecule has 0 aliphatic rings. The van der Waals surface area contributed by atoms with Gasteiger partial charge in [0.15, 0.2) is 0 Å². The molecule has 104 valence electrons. The van der Waals surface area contributed by atoms with Crippen molar-refractivity contribution in [3.8, 4) is 0 Å². The molecule has 0 rings (SSSR count). The minimum atomic E-state index is -0.871. The van der Waals surface area contributed by atoms with E-state index in [1.165, 1.54) is 14.2 Å². The number of rotatable bonds is 4. The molecule has 18 heavy (non-hydrogen) atoms. The highest BCUT2D eigenvalue weighted by Gasteiger charge is 2.27. The lowest BCUT2D eigenvalue weighted by molar-refractivity contribution is -0.169. The van der Waals surface area contributed by atoms with Gasteiger partial charge in [0.05, 0.1) is 7.11 Å². The highest BCUT2D eigenvalue weighted by molar-refractivity contribution is 5.87. The number of hydrogen-bond donors (Lipinski definition) is 1. The topological polar surface area (TPSA) is 67.9 Å². The van der Waals surface area contributed by atoms with Crippen LogP contribution in [0.1, 0.15) is 27.7 Å². The van der Waals surface area contributed by atoms with Crippen LogP contribution in [-0.2, 0) is 14.4 Å². The molecule has 0 saturated carbocycles. The molecule has 6 nitrogen and oxygen atoms in total. The van der Waals surface area contributed by atoms with Crippen molar-refractivity contribution in [1.82, 2.24) is 10.4 Å². The van der Waals surface area contributed by atoms with Gasteiger partial charge < -0.3 is 10.1 Å². The van der Waals surface area contributed by atoms with Crippen molar-refractivity contribution >= 4 is 12.0 Å². The number of hydrogen-bond acceptors (Lipinski definition) is 4. The average Bonchev–Trinajstić information content (AvgIpc) is 2.20. The molecule has 0 aliphatic carbocycles. The fourth-order valence-corrected chi connectivity index (χ4v) is 1.09. The standard InChI is InChI=1S/C12H22N2O4/c1-8(2)9(10(15)14(6)17-7)13-11(16)18-12(3,4)5/h9H,1H2,2-7H3,(H,13,16)/t9-/m0/s1. The van der Waals surface area contributed by atoms with Crippen LogP contribution in [0.4, 0.5) is 4.79 Å². The minimum Gasteiger partial charge on any atom is -0.444 e. The minimum absolute atomic E-state index is 0.421. The molecule has 0 saturated heterocycles. The molecular weight excluding hydrogens is 236 g/mol. The highest BCUT2D eigenvalue weighted by Crippen LogP contribution is 2.09. The van der Waals surface area contributed by atoms with Crippen LogP contribution in [0, 0.1) is 0 Å². The summed E-state index contributed by atoms with van der Waals surface area (Å²) in [5, 5.41) is 3.48. The van der Waals surface area contributed by atoms with Gasteiger partial charge in [-0.15, -0.1) is 0 Å². The van der Waals surface area contributed by atoms with Crippen LogP contribution in [-0.4, -0.2) is 42.9 Å². The lowest BCUT2D eigenvalue weighted by Gasteiger charge is -2.25. The maximum Gasteiger partial charge on any atom is 0.408 e. The largest absolute Gasteiger partial charge is 0.444 e. The third-order valence-electron chi connectivity index (χ3n) is 1.99. The van der Waals surface area contributed by atoms with Gasteiger partial charge >= 0.3 is 6.09 Å². The van der Waals surface area contributed by atoms with Gasteiger partial charge in [-0.3, -0.25) is 9.63 Å². The number of amides is 2. The van der Waals surface area contributed by atoms with E-state index in [1.54, 1.807) is 27.7 Å². The predicted molar refractivity (Wildman–Crippen MR) is 67.8 cm³/mol. The number of carbonyl (C=O) groups excluding carboxylic acids is 2. The Hall–Kier alpha value is -1.56. The van der Waals surface area contributed by atoms with E-state index in [0.717, 1.165) is 5.06 Å². The molecular formula is C12H22N2O4. The van der Waals surface area contributed by atoms with Gasteiger partial charge in [0.25, 0.3) is 5.91 Å². The Bertz CT molecular complexity index is 333. The summed E-state index contributed by atoms with van der Waals surface area (Å²) in [6.07, 6.45) is -0.673. The summed E-state index contributed by atoms with van der Waals surface area (Å²) in [4.78, 5) is 28.3. The summed E-state index contributed by atoms with van der Waals surface area (Å²) >= 11 is 0. The fraction of sp³-hybridized carbons (Fsp3) is 0.667. The van der Waals surface area contributed by atoms with E-state index in [2.05, 4.69) is 11.9 Å². The quantitative estimate of drug-likeness (QED) is 0.612. The predicted octanol–water partition coefficient (Wildman–Crippen LogP) is 1.48. The Morgan fingerprint density at radius 3 is 2.17 bits per heavy atom. The molecule has 0 spiro atoms. The van der Waals surface area contributed by atoms with Crippen molar-refractivity contribution in [3.63, 3.8) is 0 Å². The summed E-state index contributed by atoms with van der Waals surface area (Å²) in [7, 11) is 2.82. The molecule has 0 unspecified atom stereocenters. The van der Waals surface area contributed by atoms with Crippen LogP contribution >= 0.6 is 0 Å². The van der Waals surface area contributed by atoms with E-state index in [0.29, 0.717) is 5.57 Å². The zero-order valence-corrected chi connectivity index (χ0v) is 11.9. The van der Waals surface area contributed by atoms with Crippen molar-refractivity contribution in [2.75, 3.05) is 14.2 Å². The van der Waals surface area contributed by atoms with Crippen LogP contribution in [0.3, 0.4) is 0 Å². The van der Waals surface area contributed by atoms with Gasteiger partial charge in [0.2, 0.25) is 0 Å². The highest BCUT2D eigenvalue weighted by atomic mass is 16.7. The lowest BCUT2D eigenvalue weighted by atomic mass is 10.1. The maximum absolute atomic E-state index is 11.9. The van der Waals surface area contributed by atoms with Gasteiger partial charge in [-0.1, -0.05) is 6.58 Å². The summed E-state index contributed by atoms with van der Waals surface area (Å²) < 4.78 is 5.08. The number of hydroxylamine groups is 2. The van der Waals surface area contributed by atoms with Crippen LogP contribution < -0.4 is 5.32 Å². The Balaban J connectivity index is 4.70. The summed E-state index contributed by atoms with van der Waals surface area (Å²) in [6, 6.07) is -0.871. The van der Waals surface area contributed by atoms with E-state index in [4.69, 9.17) is 9.57 Å². The molecule has 0 heterocycles. The van der Waals surface area contributed by atoms with Gasteiger partial charge in [0, 0.05) is 7.05 Å². The fourth-order valence-electron chi connectivity index (χ4n) is 1.09. The lowest BCUT2D eigenvalue weighted by Crippen LogP contribution is -2.48. The van der Waals surface area contributed by atoms with Crippen LogP contribution in [0.2, 0.25) is 0 Å². The Morgan fingerprint density at radius 1 is 1.33 bits per heavy atom. The Morgan fingerprint density at radius 2 is 1.83 bits per heavy atom. The van der Waals surface area contributed by atoms with E-state index in [-0.39, 0.29) is 0 Å². The molecule has 0 aromatic heterocycles. The number of nitrogens with one attached hydrogen (secondary N) is 1. The third-order valence-corrected chi connectivity index (χ3v) is 1.99. The zero-order chi connectivity index (χ0) is 14.5. The average molecular weight is 258 g/mol. The van der Waals surface area contributed by atoms with Crippen molar-refractivity contribution in [1.29, 1.82) is 0 Å². The number of ether oxygens (including phenoxy) is 1. The van der Waals surface area contributed by atoms with E-state index in [9.17, 15) is 9.59 Å². The van der Waals surface area contributed by atoms with Crippen LogP contribution in [0.5, 0.6) is 0 Å². The van der Waals surface area contributed by atoms with Crippen molar-refractivity contribution in [2.24, 2.45) is 0 Å². The van der Waals surface area contributed by atoms with E-state index in [1.807, 2.05) is 0 Å².